The number of nitrogens with zero attached hydrogens (tertiary/aromatic N) is 1. The summed E-state index contributed by atoms with van der Waals surface area (Å²) in [7, 11) is 1.56. The predicted molar refractivity (Wildman–Crippen MR) is 102 cm³/mol. The van der Waals surface area contributed by atoms with E-state index in [1.807, 2.05) is 6.07 Å². The SMILES string of the molecule is COc1ccc2oc(C(=O)O[C@H](C)C(=O)Nc3ccc(C#N)cc3)c(C)c2c1. The molecule has 0 spiro atoms. The molecule has 0 aliphatic rings. The standard InChI is InChI=1S/C21H18N2O5/c1-12-17-10-16(26-3)8-9-18(17)28-19(12)21(25)27-13(2)20(24)23-15-6-4-14(11-22)5-7-15/h4-10,13H,1-3H3,(H,23,24)/t13-/m1/s1. The topological polar surface area (TPSA) is 102 Å². The van der Waals surface area contributed by atoms with Gasteiger partial charge >= 0.3 is 5.97 Å². The van der Waals surface area contributed by atoms with Gasteiger partial charge in [-0.15, -0.1) is 0 Å². The average Bonchev–Trinajstić information content (AvgIpc) is 3.04. The Hall–Kier alpha value is -3.79. The number of carbonyl (C=O) groups excluding carboxylic acids is 2. The number of rotatable bonds is 5. The van der Waals surface area contributed by atoms with Crippen LogP contribution in [0.25, 0.3) is 11.0 Å². The molecule has 1 heterocycles. The third kappa shape index (κ3) is 3.81. The Morgan fingerprint density at radius 3 is 2.54 bits per heavy atom. The second-order valence-electron chi connectivity index (χ2n) is 6.14. The second-order valence-corrected chi connectivity index (χ2v) is 6.14. The average molecular weight is 378 g/mol. The van der Waals surface area contributed by atoms with Crippen molar-refractivity contribution in [3.63, 3.8) is 0 Å². The lowest BCUT2D eigenvalue weighted by molar-refractivity contribution is -0.123. The number of esters is 1. The molecule has 1 N–H and O–H groups in total. The molecule has 0 radical (unpaired) electrons. The van der Waals surface area contributed by atoms with Gasteiger partial charge in [0, 0.05) is 16.6 Å². The van der Waals surface area contributed by atoms with Crippen LogP contribution in [0.4, 0.5) is 5.69 Å². The molecule has 28 heavy (non-hydrogen) atoms. The number of furan rings is 1. The molecule has 0 saturated carbocycles. The Bertz CT molecular complexity index is 1080. The van der Waals surface area contributed by atoms with Crippen LogP contribution in [0.2, 0.25) is 0 Å². The van der Waals surface area contributed by atoms with Gasteiger partial charge < -0.3 is 19.2 Å². The van der Waals surface area contributed by atoms with Crippen LogP contribution in [0.1, 0.15) is 28.6 Å². The molecule has 0 fully saturated rings. The number of carbonyl (C=O) groups is 2. The van der Waals surface area contributed by atoms with E-state index in [9.17, 15) is 9.59 Å². The number of nitriles is 1. The molecule has 0 unspecified atom stereocenters. The monoisotopic (exact) mass is 378 g/mol. The second kappa shape index (κ2) is 7.84. The number of ether oxygens (including phenoxy) is 2. The molecule has 1 amide bonds. The third-order valence-electron chi connectivity index (χ3n) is 4.26. The predicted octanol–water partition coefficient (Wildman–Crippen LogP) is 3.81. The van der Waals surface area contributed by atoms with Gasteiger partial charge in [0.25, 0.3) is 5.91 Å². The van der Waals surface area contributed by atoms with E-state index >= 15 is 0 Å². The normalized spacial score (nSPS) is 11.5. The summed E-state index contributed by atoms with van der Waals surface area (Å²) in [6, 6.07) is 13.6. The van der Waals surface area contributed by atoms with E-state index in [4.69, 9.17) is 19.2 Å². The molecule has 0 aliphatic heterocycles. The maximum absolute atomic E-state index is 12.5. The zero-order valence-electron chi connectivity index (χ0n) is 15.6. The summed E-state index contributed by atoms with van der Waals surface area (Å²) in [6.07, 6.45) is -1.04. The van der Waals surface area contributed by atoms with Crippen molar-refractivity contribution >= 4 is 28.5 Å². The van der Waals surface area contributed by atoms with E-state index in [0.29, 0.717) is 28.1 Å². The minimum Gasteiger partial charge on any atom is -0.497 e. The zero-order valence-corrected chi connectivity index (χ0v) is 15.6. The van der Waals surface area contributed by atoms with E-state index < -0.39 is 18.0 Å². The summed E-state index contributed by atoms with van der Waals surface area (Å²) in [4.78, 5) is 24.8. The largest absolute Gasteiger partial charge is 0.497 e. The maximum Gasteiger partial charge on any atom is 0.375 e. The quantitative estimate of drug-likeness (QED) is 0.678. The molecule has 7 heteroatoms. The molecule has 0 aliphatic carbocycles. The van der Waals surface area contributed by atoms with Gasteiger partial charge in [-0.1, -0.05) is 0 Å². The highest BCUT2D eigenvalue weighted by molar-refractivity contribution is 5.99. The van der Waals surface area contributed by atoms with Crippen molar-refractivity contribution in [3.8, 4) is 11.8 Å². The Balaban J connectivity index is 1.71. The summed E-state index contributed by atoms with van der Waals surface area (Å²) >= 11 is 0. The molecule has 3 aromatic rings. The Labute approximate surface area is 161 Å². The highest BCUT2D eigenvalue weighted by Crippen LogP contribution is 2.29. The van der Waals surface area contributed by atoms with Crippen molar-refractivity contribution < 1.29 is 23.5 Å². The van der Waals surface area contributed by atoms with Gasteiger partial charge in [-0.05, 0) is 56.3 Å². The first-order valence-electron chi connectivity index (χ1n) is 8.52. The van der Waals surface area contributed by atoms with E-state index in [2.05, 4.69) is 5.32 Å². The highest BCUT2D eigenvalue weighted by atomic mass is 16.6. The van der Waals surface area contributed by atoms with Gasteiger partial charge in [0.2, 0.25) is 5.76 Å². The van der Waals surface area contributed by atoms with Crippen LogP contribution >= 0.6 is 0 Å². The number of hydrogen-bond acceptors (Lipinski definition) is 6. The molecule has 0 bridgehead atoms. The fourth-order valence-electron chi connectivity index (χ4n) is 2.66. The number of hydrogen-bond donors (Lipinski definition) is 1. The number of aryl methyl sites for hydroxylation is 1. The molecular weight excluding hydrogens is 360 g/mol. The summed E-state index contributed by atoms with van der Waals surface area (Å²) in [5, 5.41) is 12.2. The Morgan fingerprint density at radius 2 is 1.89 bits per heavy atom. The van der Waals surface area contributed by atoms with Crippen molar-refractivity contribution in [1.82, 2.24) is 0 Å². The van der Waals surface area contributed by atoms with Crippen LogP contribution in [-0.2, 0) is 9.53 Å². The van der Waals surface area contributed by atoms with E-state index in [0.717, 1.165) is 5.39 Å². The van der Waals surface area contributed by atoms with Gasteiger partial charge in [-0.25, -0.2) is 4.79 Å². The Kier molecular flexibility index (Phi) is 5.32. The third-order valence-corrected chi connectivity index (χ3v) is 4.26. The smallest absolute Gasteiger partial charge is 0.375 e. The van der Waals surface area contributed by atoms with Gasteiger partial charge in [0.1, 0.15) is 11.3 Å². The van der Waals surface area contributed by atoms with Crippen LogP contribution in [-0.4, -0.2) is 25.1 Å². The van der Waals surface area contributed by atoms with Crippen LogP contribution < -0.4 is 10.1 Å². The number of nitrogens with one attached hydrogen (secondary N) is 1. The van der Waals surface area contributed by atoms with Crippen molar-refractivity contribution in [2.24, 2.45) is 0 Å². The fraction of sp³-hybridized carbons (Fsp3) is 0.190. The van der Waals surface area contributed by atoms with Gasteiger partial charge in [-0.2, -0.15) is 5.26 Å². The molecule has 0 saturated heterocycles. The van der Waals surface area contributed by atoms with Crippen molar-refractivity contribution in [3.05, 3.63) is 59.4 Å². The summed E-state index contributed by atoms with van der Waals surface area (Å²) < 4.78 is 16.0. The molecule has 1 atom stereocenters. The number of anilines is 1. The molecule has 142 valence electrons. The molecular formula is C21H18N2O5. The van der Waals surface area contributed by atoms with Crippen LogP contribution in [0.3, 0.4) is 0 Å². The first-order valence-corrected chi connectivity index (χ1v) is 8.52. The first-order chi connectivity index (χ1) is 13.4. The van der Waals surface area contributed by atoms with Gasteiger partial charge in [0.15, 0.2) is 6.10 Å². The van der Waals surface area contributed by atoms with Crippen LogP contribution in [0, 0.1) is 18.3 Å². The summed E-state index contributed by atoms with van der Waals surface area (Å²) in [5.74, 6) is -0.531. The zero-order chi connectivity index (χ0) is 20.3. The lowest BCUT2D eigenvalue weighted by atomic mass is 10.1. The number of methoxy groups -OCH3 is 1. The maximum atomic E-state index is 12.5. The highest BCUT2D eigenvalue weighted by Gasteiger charge is 2.24. The lowest BCUT2D eigenvalue weighted by Gasteiger charge is -2.13. The minimum atomic E-state index is -1.04. The van der Waals surface area contributed by atoms with Crippen molar-refractivity contribution in [1.29, 1.82) is 5.26 Å². The molecule has 2 aromatic carbocycles. The number of fused-ring (bicyclic) bond motifs is 1. The molecule has 7 nitrogen and oxygen atoms in total. The van der Waals surface area contributed by atoms with E-state index in [-0.39, 0.29) is 5.76 Å². The summed E-state index contributed by atoms with van der Waals surface area (Å²) in [5.41, 5.74) is 2.12. The number of benzene rings is 2. The lowest BCUT2D eigenvalue weighted by Crippen LogP contribution is -2.30. The minimum absolute atomic E-state index is 0.0428. The van der Waals surface area contributed by atoms with Crippen LogP contribution in [0.5, 0.6) is 5.75 Å². The van der Waals surface area contributed by atoms with Crippen LogP contribution in [0.15, 0.2) is 46.9 Å². The van der Waals surface area contributed by atoms with E-state index in [1.165, 1.54) is 6.92 Å². The molecule has 3 rings (SSSR count). The molecule has 1 aromatic heterocycles. The van der Waals surface area contributed by atoms with Crippen molar-refractivity contribution in [2.75, 3.05) is 12.4 Å². The summed E-state index contributed by atoms with van der Waals surface area (Å²) in [6.45, 7) is 3.21. The fourth-order valence-corrected chi connectivity index (χ4v) is 2.66. The van der Waals surface area contributed by atoms with Gasteiger partial charge in [-0.3, -0.25) is 4.79 Å². The van der Waals surface area contributed by atoms with Gasteiger partial charge in [0.05, 0.1) is 18.7 Å². The number of amides is 1. The van der Waals surface area contributed by atoms with Crippen molar-refractivity contribution in [2.45, 2.75) is 20.0 Å². The Morgan fingerprint density at radius 1 is 1.18 bits per heavy atom. The van der Waals surface area contributed by atoms with E-state index in [1.54, 1.807) is 56.5 Å². The first kappa shape index (κ1) is 19.0.